The van der Waals surface area contributed by atoms with Gasteiger partial charge in [-0.05, 0) is 44.4 Å². The minimum absolute atomic E-state index is 0.201. The van der Waals surface area contributed by atoms with E-state index in [0.717, 1.165) is 0 Å². The lowest BCUT2D eigenvalue weighted by atomic mass is 9.95. The van der Waals surface area contributed by atoms with Gasteiger partial charge >= 0.3 is 11.9 Å². The second-order valence-corrected chi connectivity index (χ2v) is 11.2. The largest absolute Gasteiger partial charge is 0.465 e. The summed E-state index contributed by atoms with van der Waals surface area (Å²) in [6.07, 6.45) is 1.38. The van der Waals surface area contributed by atoms with Gasteiger partial charge in [0.25, 0.3) is 0 Å². The summed E-state index contributed by atoms with van der Waals surface area (Å²) >= 11 is 4.84. The molecule has 12 heteroatoms. The average molecular weight is 622 g/mol. The SMILES string of the molecule is CCOC(=O)C1=C(CN2CCOCC2)NC(c2nc(C3(C(=O)OCC)CC3)cs2)=NC1c1ccc(F)cc1Br. The minimum atomic E-state index is -0.765. The van der Waals surface area contributed by atoms with Crippen molar-refractivity contribution in [3.8, 4) is 0 Å². The van der Waals surface area contributed by atoms with Crippen LogP contribution in [0.1, 0.15) is 49.0 Å². The van der Waals surface area contributed by atoms with Crippen molar-refractivity contribution in [2.45, 2.75) is 38.1 Å². The van der Waals surface area contributed by atoms with Gasteiger partial charge in [0, 0.05) is 35.2 Å². The third kappa shape index (κ3) is 5.79. The van der Waals surface area contributed by atoms with Crippen LogP contribution in [0.15, 0.2) is 44.3 Å². The van der Waals surface area contributed by atoms with E-state index in [4.69, 9.17) is 24.2 Å². The highest BCUT2D eigenvalue weighted by Crippen LogP contribution is 2.49. The molecule has 1 aliphatic carbocycles. The Morgan fingerprint density at radius 3 is 2.64 bits per heavy atom. The van der Waals surface area contributed by atoms with Crippen molar-refractivity contribution in [2.75, 3.05) is 46.1 Å². The first kappa shape index (κ1) is 27.9. The summed E-state index contributed by atoms with van der Waals surface area (Å²) < 4.78 is 30.8. The van der Waals surface area contributed by atoms with Crippen molar-refractivity contribution in [1.82, 2.24) is 15.2 Å². The number of halogens is 2. The van der Waals surface area contributed by atoms with Crippen LogP contribution in [0.4, 0.5) is 4.39 Å². The van der Waals surface area contributed by atoms with Gasteiger partial charge in [0.1, 0.15) is 17.3 Å². The number of benzene rings is 1. The predicted molar refractivity (Wildman–Crippen MR) is 147 cm³/mol. The highest BCUT2D eigenvalue weighted by atomic mass is 79.9. The fourth-order valence-corrected chi connectivity index (χ4v) is 6.21. The quantitative estimate of drug-likeness (QED) is 0.422. The van der Waals surface area contributed by atoms with Gasteiger partial charge in [0.15, 0.2) is 10.8 Å². The Morgan fingerprint density at radius 2 is 1.97 bits per heavy atom. The molecule has 0 bridgehead atoms. The smallest absolute Gasteiger partial charge is 0.338 e. The van der Waals surface area contributed by atoms with Crippen LogP contribution in [-0.2, 0) is 29.2 Å². The Kier molecular flexibility index (Phi) is 8.46. The number of hydrogen-bond donors (Lipinski definition) is 1. The molecule has 1 saturated heterocycles. The van der Waals surface area contributed by atoms with Crippen molar-refractivity contribution in [2.24, 2.45) is 4.99 Å². The Morgan fingerprint density at radius 1 is 1.23 bits per heavy atom. The van der Waals surface area contributed by atoms with Crippen LogP contribution < -0.4 is 5.32 Å². The number of thiazole rings is 1. The maximum absolute atomic E-state index is 14.0. The van der Waals surface area contributed by atoms with E-state index in [2.05, 4.69) is 26.1 Å². The van der Waals surface area contributed by atoms with Crippen molar-refractivity contribution < 1.29 is 28.2 Å². The number of aliphatic imine (C=N–C) groups is 1. The molecule has 2 aliphatic heterocycles. The van der Waals surface area contributed by atoms with Gasteiger partial charge in [-0.3, -0.25) is 14.7 Å². The summed E-state index contributed by atoms with van der Waals surface area (Å²) in [4.78, 5) is 37.9. The van der Waals surface area contributed by atoms with E-state index in [1.54, 1.807) is 19.9 Å². The van der Waals surface area contributed by atoms with Crippen LogP contribution >= 0.6 is 27.3 Å². The van der Waals surface area contributed by atoms with Crippen molar-refractivity contribution in [1.29, 1.82) is 0 Å². The van der Waals surface area contributed by atoms with Crippen LogP contribution in [0, 0.1) is 5.82 Å². The molecule has 1 saturated carbocycles. The number of aromatic nitrogens is 1. The summed E-state index contributed by atoms with van der Waals surface area (Å²) in [5.41, 5.74) is 1.59. The van der Waals surface area contributed by atoms with E-state index >= 15 is 0 Å². The Balaban J connectivity index is 1.57. The second kappa shape index (κ2) is 11.8. The molecule has 1 N–H and O–H groups in total. The zero-order valence-electron chi connectivity index (χ0n) is 21.8. The topological polar surface area (TPSA) is 102 Å². The van der Waals surface area contributed by atoms with Crippen LogP contribution in [-0.4, -0.2) is 73.7 Å². The second-order valence-electron chi connectivity index (χ2n) is 9.51. The number of nitrogens with one attached hydrogen (secondary N) is 1. The molecular formula is C27H30BrFN4O5S. The minimum Gasteiger partial charge on any atom is -0.465 e. The summed E-state index contributed by atoms with van der Waals surface area (Å²) in [5, 5.41) is 5.83. The maximum atomic E-state index is 14.0. The highest BCUT2D eigenvalue weighted by molar-refractivity contribution is 9.10. The van der Waals surface area contributed by atoms with Crippen LogP contribution in [0.3, 0.4) is 0 Å². The summed E-state index contributed by atoms with van der Waals surface area (Å²) in [5.74, 6) is -0.678. The number of carbonyl (C=O) groups is 2. The van der Waals surface area contributed by atoms with E-state index < -0.39 is 23.2 Å². The molecule has 2 aromatic rings. The number of carbonyl (C=O) groups excluding carboxylic acids is 2. The average Bonchev–Trinajstić information content (AvgIpc) is 3.58. The van der Waals surface area contributed by atoms with E-state index in [-0.39, 0.29) is 12.6 Å². The molecule has 3 heterocycles. The Bertz CT molecular complexity index is 1320. The molecule has 3 aliphatic rings. The zero-order chi connectivity index (χ0) is 27.6. The molecule has 2 fully saturated rings. The number of amidine groups is 1. The highest BCUT2D eigenvalue weighted by Gasteiger charge is 2.54. The number of nitrogens with zero attached hydrogens (tertiary/aromatic N) is 3. The van der Waals surface area contributed by atoms with Crippen LogP contribution in [0.5, 0.6) is 0 Å². The first-order valence-corrected chi connectivity index (χ1v) is 14.7. The molecule has 39 heavy (non-hydrogen) atoms. The third-order valence-corrected chi connectivity index (χ3v) is 8.51. The van der Waals surface area contributed by atoms with E-state index in [1.165, 1.54) is 23.5 Å². The van der Waals surface area contributed by atoms with Crippen molar-refractivity contribution >= 4 is 45.0 Å². The molecule has 0 amide bonds. The lowest BCUT2D eigenvalue weighted by Crippen LogP contribution is -2.43. The molecule has 5 rings (SSSR count). The normalized spacial score (nSPS) is 20.7. The van der Waals surface area contributed by atoms with Gasteiger partial charge in [-0.25, -0.2) is 14.2 Å². The fraction of sp³-hybridized carbons (Fsp3) is 0.481. The van der Waals surface area contributed by atoms with Gasteiger partial charge in [0.05, 0.1) is 37.7 Å². The molecular weight excluding hydrogens is 591 g/mol. The lowest BCUT2D eigenvalue weighted by molar-refractivity contribution is -0.146. The first-order valence-electron chi connectivity index (χ1n) is 13.0. The molecule has 0 radical (unpaired) electrons. The maximum Gasteiger partial charge on any atom is 0.338 e. The van der Waals surface area contributed by atoms with Crippen LogP contribution in [0.25, 0.3) is 0 Å². The predicted octanol–water partition coefficient (Wildman–Crippen LogP) is 3.88. The zero-order valence-corrected chi connectivity index (χ0v) is 24.2. The van der Waals surface area contributed by atoms with Gasteiger partial charge in [-0.15, -0.1) is 11.3 Å². The number of rotatable bonds is 9. The van der Waals surface area contributed by atoms with E-state index in [1.807, 2.05) is 5.38 Å². The molecule has 208 valence electrons. The number of esters is 2. The lowest BCUT2D eigenvalue weighted by Gasteiger charge is -2.32. The summed E-state index contributed by atoms with van der Waals surface area (Å²) in [7, 11) is 0. The standard InChI is InChI=1S/C27H30BrFN4O5S/c1-3-37-25(34)21-19(14-33-9-11-36-12-10-33)30-23(32-22(21)17-6-5-16(29)13-18(17)28)24-31-20(15-39-24)27(7-8-27)26(35)38-4-2/h5-6,13,15,22H,3-4,7-12,14H2,1-2H3,(H,30,32). The summed E-state index contributed by atoms with van der Waals surface area (Å²) in [6.45, 7) is 7.12. The summed E-state index contributed by atoms with van der Waals surface area (Å²) in [6, 6.07) is 3.56. The van der Waals surface area contributed by atoms with E-state index in [0.29, 0.717) is 90.1 Å². The molecule has 9 nitrogen and oxygen atoms in total. The Labute approximate surface area is 238 Å². The van der Waals surface area contributed by atoms with Gasteiger partial charge in [0.2, 0.25) is 0 Å². The number of hydrogen-bond acceptors (Lipinski definition) is 10. The molecule has 1 aromatic heterocycles. The number of ether oxygens (including phenoxy) is 3. The Hall–Kier alpha value is -2.67. The monoisotopic (exact) mass is 620 g/mol. The molecule has 1 aromatic carbocycles. The molecule has 1 unspecified atom stereocenters. The van der Waals surface area contributed by atoms with E-state index in [9.17, 15) is 14.0 Å². The van der Waals surface area contributed by atoms with Crippen molar-refractivity contribution in [3.05, 3.63) is 61.4 Å². The molecule has 1 atom stereocenters. The number of morpholine rings is 1. The van der Waals surface area contributed by atoms with Crippen LogP contribution in [0.2, 0.25) is 0 Å². The van der Waals surface area contributed by atoms with Crippen molar-refractivity contribution in [3.63, 3.8) is 0 Å². The molecule has 0 spiro atoms. The van der Waals surface area contributed by atoms with Gasteiger partial charge in [-0.2, -0.15) is 0 Å². The van der Waals surface area contributed by atoms with Gasteiger partial charge < -0.3 is 19.5 Å². The fourth-order valence-electron chi connectivity index (χ4n) is 4.77. The third-order valence-electron chi connectivity index (χ3n) is 6.98. The first-order chi connectivity index (χ1) is 18.9. The van der Waals surface area contributed by atoms with Gasteiger partial charge in [-0.1, -0.05) is 22.0 Å².